The summed E-state index contributed by atoms with van der Waals surface area (Å²) in [6, 6.07) is 0. The summed E-state index contributed by atoms with van der Waals surface area (Å²) in [5, 5.41) is 4.80. The highest BCUT2D eigenvalue weighted by molar-refractivity contribution is 6.33. The molecule has 6 heteroatoms. The molecule has 0 aliphatic carbocycles. The molecule has 0 aliphatic heterocycles. The normalized spacial score (nSPS) is 11.8. The van der Waals surface area contributed by atoms with Gasteiger partial charge in [0.25, 0.3) is 0 Å². The van der Waals surface area contributed by atoms with Crippen LogP contribution in [-0.4, -0.2) is 27.5 Å². The number of pyridine rings is 1. The number of aromatic nitrogens is 3. The summed E-state index contributed by atoms with van der Waals surface area (Å²) in [7, 11) is 0. The smallest absolute Gasteiger partial charge is 0.157 e. The molecule has 0 fully saturated rings. The average Bonchev–Trinajstić information content (AvgIpc) is 2.79. The first-order chi connectivity index (χ1) is 9.60. The lowest BCUT2D eigenvalue weighted by molar-refractivity contribution is 0.126. The van der Waals surface area contributed by atoms with Crippen molar-refractivity contribution in [2.45, 2.75) is 33.8 Å². The van der Waals surface area contributed by atoms with Crippen molar-refractivity contribution in [1.82, 2.24) is 14.6 Å². The maximum Gasteiger partial charge on any atom is 0.157 e. The Labute approximate surface area is 123 Å². The van der Waals surface area contributed by atoms with E-state index in [0.29, 0.717) is 36.1 Å². The maximum atomic E-state index is 6.20. The lowest BCUT2D eigenvalue weighted by Crippen LogP contribution is -2.02. The van der Waals surface area contributed by atoms with Gasteiger partial charge in [0.05, 0.1) is 0 Å². The minimum absolute atomic E-state index is 0.383. The van der Waals surface area contributed by atoms with Gasteiger partial charge in [-0.2, -0.15) is 5.10 Å². The molecule has 0 saturated carbocycles. The van der Waals surface area contributed by atoms with Gasteiger partial charge in [0.15, 0.2) is 11.0 Å². The molecule has 2 aromatic heterocycles. The first-order valence-electron chi connectivity index (χ1n) is 6.54. The van der Waals surface area contributed by atoms with Gasteiger partial charge in [-0.3, -0.25) is 0 Å². The number of rotatable bonds is 5. The summed E-state index contributed by atoms with van der Waals surface area (Å²) < 4.78 is 7.21. The van der Waals surface area contributed by atoms with E-state index in [4.69, 9.17) is 16.3 Å². The number of ether oxygens (including phenoxy) is 1. The van der Waals surface area contributed by atoms with Gasteiger partial charge in [0, 0.05) is 18.5 Å². The van der Waals surface area contributed by atoms with Crippen LogP contribution in [0, 0.1) is 20.8 Å². The average molecular weight is 294 g/mol. The monoisotopic (exact) mass is 293 g/mol. The number of hydrogen-bond donors (Lipinski definition) is 0. The standard InChI is InChI=1S/C14H18ClN4O/c1-5-7-16-19-11(8-20-6-2)18-12-13(19)9(3)10(4)17-14(12)15/h7H,1,5-6,8H2,2-4H3/b16-7+. The van der Waals surface area contributed by atoms with Gasteiger partial charge in [0.2, 0.25) is 0 Å². The Bertz CT molecular complexity index is 648. The van der Waals surface area contributed by atoms with Gasteiger partial charge in [-0.1, -0.05) is 11.6 Å². The van der Waals surface area contributed by atoms with E-state index < -0.39 is 0 Å². The second-order valence-corrected chi connectivity index (χ2v) is 4.73. The van der Waals surface area contributed by atoms with E-state index in [1.807, 2.05) is 20.8 Å². The molecule has 20 heavy (non-hydrogen) atoms. The van der Waals surface area contributed by atoms with Crippen molar-refractivity contribution in [3.63, 3.8) is 0 Å². The molecule has 2 heterocycles. The lowest BCUT2D eigenvalue weighted by atomic mass is 10.2. The summed E-state index contributed by atoms with van der Waals surface area (Å²) >= 11 is 6.20. The Morgan fingerprint density at radius 1 is 1.40 bits per heavy atom. The van der Waals surface area contributed by atoms with E-state index in [2.05, 4.69) is 22.0 Å². The van der Waals surface area contributed by atoms with Gasteiger partial charge in [0.1, 0.15) is 17.6 Å². The molecule has 0 atom stereocenters. The molecule has 0 aromatic carbocycles. The third-order valence-electron chi connectivity index (χ3n) is 3.04. The Kier molecular flexibility index (Phi) is 4.73. The number of aryl methyl sites for hydroxylation is 2. The summed E-state index contributed by atoms with van der Waals surface area (Å²) in [5.74, 6) is 0.712. The Morgan fingerprint density at radius 2 is 2.15 bits per heavy atom. The van der Waals surface area contributed by atoms with Gasteiger partial charge in [-0.25, -0.2) is 14.6 Å². The fourth-order valence-corrected chi connectivity index (χ4v) is 2.20. The predicted octanol–water partition coefficient (Wildman–Crippen LogP) is 3.30. The highest BCUT2D eigenvalue weighted by atomic mass is 35.5. The SMILES string of the molecule is [CH2]C/C=N/n1c(COCC)nc2c(Cl)nc(C)c(C)c21. The molecule has 2 rings (SSSR count). The molecule has 0 unspecified atom stereocenters. The van der Waals surface area contributed by atoms with E-state index >= 15 is 0 Å². The summed E-state index contributed by atoms with van der Waals surface area (Å²) in [4.78, 5) is 8.81. The van der Waals surface area contributed by atoms with E-state index in [0.717, 1.165) is 16.8 Å². The zero-order valence-corrected chi connectivity index (χ0v) is 12.7. The fraction of sp³-hybridized carbons (Fsp3) is 0.429. The minimum atomic E-state index is 0.383. The molecule has 0 bridgehead atoms. The van der Waals surface area contributed by atoms with Crippen molar-refractivity contribution in [3.05, 3.63) is 29.2 Å². The second kappa shape index (κ2) is 6.33. The van der Waals surface area contributed by atoms with Crippen LogP contribution in [-0.2, 0) is 11.3 Å². The third kappa shape index (κ3) is 2.69. The number of hydrogen-bond acceptors (Lipinski definition) is 4. The van der Waals surface area contributed by atoms with Crippen LogP contribution in [0.3, 0.4) is 0 Å². The van der Waals surface area contributed by atoms with Crippen molar-refractivity contribution in [3.8, 4) is 0 Å². The molecular formula is C14H18ClN4O. The molecule has 2 aromatic rings. The first-order valence-corrected chi connectivity index (χ1v) is 6.91. The first kappa shape index (κ1) is 14.9. The van der Waals surface area contributed by atoms with Crippen LogP contribution in [0.25, 0.3) is 11.0 Å². The molecule has 1 radical (unpaired) electrons. The van der Waals surface area contributed by atoms with Gasteiger partial charge >= 0.3 is 0 Å². The van der Waals surface area contributed by atoms with Crippen molar-refractivity contribution in [2.24, 2.45) is 5.10 Å². The number of imidazole rings is 1. The van der Waals surface area contributed by atoms with E-state index in [1.165, 1.54) is 0 Å². The predicted molar refractivity (Wildman–Crippen MR) is 81.2 cm³/mol. The van der Waals surface area contributed by atoms with Crippen LogP contribution in [0.15, 0.2) is 5.10 Å². The van der Waals surface area contributed by atoms with Crippen molar-refractivity contribution in [2.75, 3.05) is 6.61 Å². The topological polar surface area (TPSA) is 52.3 Å². The van der Waals surface area contributed by atoms with Crippen LogP contribution in [0.5, 0.6) is 0 Å². The molecule has 5 nitrogen and oxygen atoms in total. The highest BCUT2D eigenvalue weighted by Gasteiger charge is 2.17. The molecule has 0 aliphatic rings. The second-order valence-electron chi connectivity index (χ2n) is 4.37. The van der Waals surface area contributed by atoms with Crippen LogP contribution in [0.1, 0.15) is 30.4 Å². The zero-order valence-electron chi connectivity index (χ0n) is 12.0. The van der Waals surface area contributed by atoms with Crippen LogP contribution in [0.4, 0.5) is 0 Å². The Balaban J connectivity index is 2.70. The fourth-order valence-electron chi connectivity index (χ4n) is 1.94. The van der Waals surface area contributed by atoms with E-state index in [-0.39, 0.29) is 0 Å². The minimum Gasteiger partial charge on any atom is -0.374 e. The molecule has 0 N–H and O–H groups in total. The van der Waals surface area contributed by atoms with Gasteiger partial charge in [-0.15, -0.1) is 0 Å². The molecule has 0 amide bonds. The summed E-state index contributed by atoms with van der Waals surface area (Å²) in [6.07, 6.45) is 2.34. The number of nitrogens with zero attached hydrogens (tertiary/aromatic N) is 4. The molecular weight excluding hydrogens is 276 g/mol. The van der Waals surface area contributed by atoms with Crippen molar-refractivity contribution in [1.29, 1.82) is 0 Å². The van der Waals surface area contributed by atoms with Crippen LogP contribution in [0.2, 0.25) is 5.15 Å². The highest BCUT2D eigenvalue weighted by Crippen LogP contribution is 2.27. The van der Waals surface area contributed by atoms with Crippen molar-refractivity contribution < 1.29 is 4.74 Å². The van der Waals surface area contributed by atoms with Crippen LogP contribution < -0.4 is 0 Å². The van der Waals surface area contributed by atoms with Gasteiger partial charge in [-0.05, 0) is 39.7 Å². The summed E-state index contributed by atoms with van der Waals surface area (Å²) in [6.45, 7) is 10.6. The molecule has 107 valence electrons. The largest absolute Gasteiger partial charge is 0.374 e. The quantitative estimate of drug-likeness (QED) is 0.628. The van der Waals surface area contributed by atoms with E-state index in [1.54, 1.807) is 10.9 Å². The molecule has 0 saturated heterocycles. The number of fused-ring (bicyclic) bond motifs is 1. The molecule has 0 spiro atoms. The zero-order chi connectivity index (χ0) is 14.7. The maximum absolute atomic E-state index is 6.20. The van der Waals surface area contributed by atoms with Crippen LogP contribution >= 0.6 is 11.6 Å². The number of halogens is 1. The summed E-state index contributed by atoms with van der Waals surface area (Å²) in [5.41, 5.74) is 3.42. The Morgan fingerprint density at radius 3 is 2.80 bits per heavy atom. The lowest BCUT2D eigenvalue weighted by Gasteiger charge is -2.06. The van der Waals surface area contributed by atoms with Crippen molar-refractivity contribution >= 4 is 28.8 Å². The van der Waals surface area contributed by atoms with Gasteiger partial charge < -0.3 is 4.74 Å². The van der Waals surface area contributed by atoms with E-state index in [9.17, 15) is 0 Å². The third-order valence-corrected chi connectivity index (χ3v) is 3.31. The Hall–Kier alpha value is -1.46.